The van der Waals surface area contributed by atoms with Crippen molar-refractivity contribution < 1.29 is 37.0 Å². The lowest BCUT2D eigenvalue weighted by atomic mass is 9.87. The fraction of sp³-hybridized carbons (Fsp3) is 0.277. The van der Waals surface area contributed by atoms with E-state index < -0.39 is 34.1 Å². The first kappa shape index (κ1) is 41.0. The molecular weight excluding hydrogens is 795 g/mol. The van der Waals surface area contributed by atoms with E-state index in [-0.39, 0.29) is 23.8 Å². The van der Waals surface area contributed by atoms with Crippen molar-refractivity contribution in [2.24, 2.45) is 5.11 Å². The Morgan fingerprint density at radius 2 is 1.62 bits per heavy atom. The van der Waals surface area contributed by atoms with Crippen molar-refractivity contribution in [1.82, 2.24) is 8.87 Å². The number of nitrogens with zero attached hydrogens (tertiary/aromatic N) is 5. The Labute approximate surface area is 354 Å². The number of esters is 1. The summed E-state index contributed by atoms with van der Waals surface area (Å²) < 4.78 is 55.0. The van der Waals surface area contributed by atoms with Gasteiger partial charge in [0.1, 0.15) is 24.4 Å². The van der Waals surface area contributed by atoms with Crippen LogP contribution in [0.3, 0.4) is 0 Å². The van der Waals surface area contributed by atoms with Gasteiger partial charge in [-0.25, -0.2) is 12.4 Å². The SMILES string of the molecule is COc1cc([C@@H]2Oc3ccc4c(c(CCN=[N+]=[N-])cn4S(=O)(=O)c4ccc(C)cc4)c3[C@H]2C(=O)O[C@@H](C(=O)N2CCCCC2)c2ccccc2)ccc1OCc1ccccc1. The molecule has 14 heteroatoms. The maximum absolute atomic E-state index is 15.2. The molecule has 1 amide bonds. The van der Waals surface area contributed by atoms with Crippen LogP contribution >= 0.6 is 0 Å². The normalized spacial score (nSPS) is 16.5. The average molecular weight is 840 g/mol. The maximum Gasteiger partial charge on any atom is 0.318 e. The molecule has 0 N–H and O–H groups in total. The zero-order valence-electron chi connectivity index (χ0n) is 33.8. The van der Waals surface area contributed by atoms with Crippen molar-refractivity contribution in [2.45, 2.75) is 62.2 Å². The zero-order chi connectivity index (χ0) is 42.5. The number of hydrogen-bond donors (Lipinski definition) is 0. The van der Waals surface area contributed by atoms with E-state index in [1.807, 2.05) is 43.3 Å². The van der Waals surface area contributed by atoms with Gasteiger partial charge in [-0.05, 0) is 91.2 Å². The highest BCUT2D eigenvalue weighted by Gasteiger charge is 2.46. The summed E-state index contributed by atoms with van der Waals surface area (Å²) in [5.41, 5.74) is 13.3. The van der Waals surface area contributed by atoms with Gasteiger partial charge in [-0.1, -0.05) is 89.5 Å². The van der Waals surface area contributed by atoms with Crippen LogP contribution in [0.5, 0.6) is 17.2 Å². The fourth-order valence-corrected chi connectivity index (χ4v) is 9.54. The number of azide groups is 1. The van der Waals surface area contributed by atoms with Crippen LogP contribution in [-0.2, 0) is 37.4 Å². The Balaban J connectivity index is 1.27. The van der Waals surface area contributed by atoms with E-state index >= 15 is 4.79 Å². The lowest BCUT2D eigenvalue weighted by Crippen LogP contribution is -2.40. The molecule has 5 aromatic carbocycles. The Bertz CT molecular complexity index is 2710. The second-order valence-corrected chi connectivity index (χ2v) is 17.0. The smallest absolute Gasteiger partial charge is 0.318 e. The number of aryl methyl sites for hydroxylation is 1. The van der Waals surface area contributed by atoms with E-state index in [4.69, 9.17) is 18.9 Å². The van der Waals surface area contributed by atoms with Gasteiger partial charge in [-0.15, -0.1) is 0 Å². The Hall–Kier alpha value is -6.76. The molecule has 8 rings (SSSR count). The summed E-state index contributed by atoms with van der Waals surface area (Å²) in [6.45, 7) is 3.29. The summed E-state index contributed by atoms with van der Waals surface area (Å²) >= 11 is 0. The molecule has 61 heavy (non-hydrogen) atoms. The summed E-state index contributed by atoms with van der Waals surface area (Å²) in [6, 6.07) is 33.8. The highest BCUT2D eigenvalue weighted by Crippen LogP contribution is 2.52. The Kier molecular flexibility index (Phi) is 12.0. The topological polar surface area (TPSA) is 162 Å². The van der Waals surface area contributed by atoms with E-state index in [0.717, 1.165) is 30.4 Å². The minimum atomic E-state index is -4.16. The number of rotatable bonds is 14. The number of carbonyl (C=O) groups excluding carboxylic acids is 2. The third-order valence-electron chi connectivity index (χ3n) is 11.2. The summed E-state index contributed by atoms with van der Waals surface area (Å²) in [7, 11) is -2.63. The van der Waals surface area contributed by atoms with Crippen molar-refractivity contribution in [1.29, 1.82) is 0 Å². The van der Waals surface area contributed by atoms with Crippen molar-refractivity contribution in [3.63, 3.8) is 0 Å². The van der Waals surface area contributed by atoms with Gasteiger partial charge >= 0.3 is 5.97 Å². The Morgan fingerprint density at radius 1 is 0.902 bits per heavy atom. The molecule has 0 spiro atoms. The number of benzene rings is 5. The van der Waals surface area contributed by atoms with Gasteiger partial charge in [-0.3, -0.25) is 9.59 Å². The number of piperidine rings is 1. The molecule has 3 atom stereocenters. The quantitative estimate of drug-likeness (QED) is 0.0454. The van der Waals surface area contributed by atoms with Gasteiger partial charge in [0.2, 0.25) is 6.10 Å². The molecule has 2 aliphatic rings. The number of methoxy groups -OCH3 is 1. The first-order valence-corrected chi connectivity index (χ1v) is 21.7. The third kappa shape index (κ3) is 8.37. The summed E-state index contributed by atoms with van der Waals surface area (Å²) in [5, 5.41) is 4.20. The van der Waals surface area contributed by atoms with Gasteiger partial charge in [0.05, 0.1) is 17.5 Å². The van der Waals surface area contributed by atoms with Crippen LogP contribution in [-0.4, -0.2) is 55.9 Å². The van der Waals surface area contributed by atoms with Crippen LogP contribution in [0.15, 0.2) is 131 Å². The lowest BCUT2D eigenvalue weighted by Gasteiger charge is -2.31. The lowest BCUT2D eigenvalue weighted by molar-refractivity contribution is -0.163. The molecule has 1 fully saturated rings. The number of carbonyl (C=O) groups is 2. The standard InChI is InChI=1S/C47H45N5O8S/c1-31-16-19-36(20-17-31)61(55,56)52-29-35(24-25-49-50-48)41-37(52)21-23-39-42(41)43(47(54)60-45(33-14-8-4-9-15-33)46(53)51-26-10-5-11-27-51)44(59-39)34-18-22-38(40(28-34)57-2)58-30-32-12-6-3-7-13-32/h3-4,6-9,12-23,28-29,43-45H,5,10-11,24-27,30H2,1-2H3/t43-,44+,45-/m1/s1. The molecule has 3 heterocycles. The summed E-state index contributed by atoms with van der Waals surface area (Å²) in [5.74, 6) is -1.05. The number of fused-ring (bicyclic) bond motifs is 3. The van der Waals surface area contributed by atoms with Gasteiger partial charge in [0.15, 0.2) is 11.5 Å². The van der Waals surface area contributed by atoms with Crippen LogP contribution in [0.25, 0.3) is 21.3 Å². The van der Waals surface area contributed by atoms with Crippen LogP contribution in [0.2, 0.25) is 0 Å². The molecule has 0 saturated carbocycles. The molecule has 1 aromatic heterocycles. The highest BCUT2D eigenvalue weighted by atomic mass is 32.2. The van der Waals surface area contributed by atoms with Crippen molar-refractivity contribution >= 4 is 32.8 Å². The summed E-state index contributed by atoms with van der Waals surface area (Å²) in [4.78, 5) is 34.2. The van der Waals surface area contributed by atoms with E-state index in [9.17, 15) is 18.7 Å². The number of aromatic nitrogens is 1. The van der Waals surface area contributed by atoms with Crippen molar-refractivity contribution in [3.05, 3.63) is 165 Å². The van der Waals surface area contributed by atoms with Gasteiger partial charge < -0.3 is 23.8 Å². The van der Waals surface area contributed by atoms with E-state index in [1.54, 1.807) is 83.8 Å². The first-order valence-electron chi connectivity index (χ1n) is 20.2. The fourth-order valence-electron chi connectivity index (χ4n) is 8.16. The van der Waals surface area contributed by atoms with E-state index in [0.29, 0.717) is 70.1 Å². The van der Waals surface area contributed by atoms with Gasteiger partial charge in [-0.2, -0.15) is 0 Å². The van der Waals surface area contributed by atoms with Gasteiger partial charge in [0.25, 0.3) is 15.9 Å². The predicted molar refractivity (Wildman–Crippen MR) is 229 cm³/mol. The summed E-state index contributed by atoms with van der Waals surface area (Å²) in [6.07, 6.45) is 2.11. The number of likely N-dealkylation sites (tertiary alicyclic amines) is 1. The molecule has 13 nitrogen and oxygen atoms in total. The largest absolute Gasteiger partial charge is 0.493 e. The van der Waals surface area contributed by atoms with Gasteiger partial charge in [0, 0.05) is 47.3 Å². The third-order valence-corrected chi connectivity index (χ3v) is 12.9. The minimum Gasteiger partial charge on any atom is -0.493 e. The van der Waals surface area contributed by atoms with Crippen LogP contribution in [0.4, 0.5) is 0 Å². The number of ether oxygens (including phenoxy) is 4. The molecule has 0 radical (unpaired) electrons. The predicted octanol–water partition coefficient (Wildman–Crippen LogP) is 9.14. The van der Waals surface area contributed by atoms with Crippen LogP contribution < -0.4 is 14.2 Å². The number of amides is 1. The second kappa shape index (κ2) is 17.8. The molecule has 0 aliphatic carbocycles. The Morgan fingerprint density at radius 3 is 2.33 bits per heavy atom. The second-order valence-electron chi connectivity index (χ2n) is 15.2. The number of hydrogen-bond acceptors (Lipinski definition) is 9. The molecule has 2 aliphatic heterocycles. The van der Waals surface area contributed by atoms with E-state index in [1.165, 1.54) is 17.3 Å². The van der Waals surface area contributed by atoms with Crippen LogP contribution in [0, 0.1) is 6.92 Å². The molecule has 0 bridgehead atoms. The first-order chi connectivity index (χ1) is 29.7. The monoisotopic (exact) mass is 839 g/mol. The van der Waals surface area contributed by atoms with Crippen molar-refractivity contribution in [2.75, 3.05) is 26.7 Å². The highest BCUT2D eigenvalue weighted by molar-refractivity contribution is 7.90. The van der Waals surface area contributed by atoms with Crippen molar-refractivity contribution in [3.8, 4) is 17.2 Å². The molecule has 6 aromatic rings. The average Bonchev–Trinajstić information content (AvgIpc) is 3.88. The zero-order valence-corrected chi connectivity index (χ0v) is 34.7. The molecule has 312 valence electrons. The maximum atomic E-state index is 15.2. The molecule has 1 saturated heterocycles. The van der Waals surface area contributed by atoms with Crippen LogP contribution in [0.1, 0.15) is 70.8 Å². The van der Waals surface area contributed by atoms with E-state index in [2.05, 4.69) is 10.0 Å². The molecule has 0 unspecified atom stereocenters. The molecular formula is C47H45N5O8S. The minimum absolute atomic E-state index is 0.0192.